The van der Waals surface area contributed by atoms with Gasteiger partial charge in [0.15, 0.2) is 6.10 Å². The molecular formula is C59H104O6. The van der Waals surface area contributed by atoms with Gasteiger partial charge in [-0.1, -0.05) is 255 Å². The van der Waals surface area contributed by atoms with Crippen LogP contribution in [0.15, 0.2) is 60.8 Å². The minimum absolute atomic E-state index is 0.0719. The number of carbonyl (C=O) groups is 3. The monoisotopic (exact) mass is 909 g/mol. The predicted molar refractivity (Wildman–Crippen MR) is 279 cm³/mol. The molecule has 0 amide bonds. The van der Waals surface area contributed by atoms with Gasteiger partial charge in [0.1, 0.15) is 13.2 Å². The Morgan fingerprint density at radius 3 is 0.938 bits per heavy atom. The Balaban J connectivity index is 4.22. The van der Waals surface area contributed by atoms with E-state index >= 15 is 0 Å². The molecule has 65 heavy (non-hydrogen) atoms. The number of hydrogen-bond acceptors (Lipinski definition) is 6. The highest BCUT2D eigenvalue weighted by molar-refractivity contribution is 5.71. The third-order valence-electron chi connectivity index (χ3n) is 12.0. The van der Waals surface area contributed by atoms with Crippen LogP contribution in [0, 0.1) is 0 Å². The molecule has 0 spiro atoms. The normalized spacial score (nSPS) is 12.5. The lowest BCUT2D eigenvalue weighted by atomic mass is 10.1. The molecule has 6 nitrogen and oxygen atoms in total. The van der Waals surface area contributed by atoms with E-state index in [0.717, 1.165) is 96.3 Å². The fourth-order valence-corrected chi connectivity index (χ4v) is 7.88. The minimum atomic E-state index is -0.771. The summed E-state index contributed by atoms with van der Waals surface area (Å²) in [5, 5.41) is 0. The first kappa shape index (κ1) is 62.1. The number of unbranched alkanes of at least 4 members (excludes halogenated alkanes) is 29. The van der Waals surface area contributed by atoms with Crippen molar-refractivity contribution in [3.63, 3.8) is 0 Å². The van der Waals surface area contributed by atoms with E-state index in [0.29, 0.717) is 19.3 Å². The van der Waals surface area contributed by atoms with Gasteiger partial charge in [-0.15, -0.1) is 0 Å². The van der Waals surface area contributed by atoms with Crippen LogP contribution < -0.4 is 0 Å². The Morgan fingerprint density at radius 1 is 0.323 bits per heavy atom. The SMILES string of the molecule is CC/C=C\C/C=C\C/C=C\C/C=C\C/C=C\CCCCCCCCCCCC(=O)OCC(COC(=O)CCCCCCCCCCCCC)OC(=O)CCCCCCCCCCCCC. The van der Waals surface area contributed by atoms with Crippen LogP contribution in [0.2, 0.25) is 0 Å². The smallest absolute Gasteiger partial charge is 0.306 e. The zero-order valence-corrected chi connectivity index (χ0v) is 43.0. The summed E-state index contributed by atoms with van der Waals surface area (Å²) in [6.07, 6.45) is 66.4. The van der Waals surface area contributed by atoms with Crippen molar-refractivity contribution in [2.24, 2.45) is 0 Å². The maximum Gasteiger partial charge on any atom is 0.306 e. The lowest BCUT2D eigenvalue weighted by molar-refractivity contribution is -0.167. The van der Waals surface area contributed by atoms with E-state index in [2.05, 4.69) is 81.5 Å². The Bertz CT molecular complexity index is 1180. The van der Waals surface area contributed by atoms with Crippen molar-refractivity contribution in [1.82, 2.24) is 0 Å². The standard InChI is InChI=1S/C59H104O6/c1-4-7-10-13-16-19-22-23-24-25-26-27-28-29-30-31-32-33-34-35-38-40-43-46-49-52-58(61)64-55-56(65-59(62)53-50-47-44-41-37-21-18-15-12-9-6-3)54-63-57(60)51-48-45-42-39-36-20-17-14-11-8-5-2/h7,10,16,19,23-24,26-27,29-30,56H,4-6,8-9,11-15,17-18,20-22,25,28,31-55H2,1-3H3/b10-7-,19-16-,24-23-,27-26-,30-29-. The van der Waals surface area contributed by atoms with E-state index in [1.54, 1.807) is 0 Å². The maximum absolute atomic E-state index is 12.8. The highest BCUT2D eigenvalue weighted by atomic mass is 16.6. The lowest BCUT2D eigenvalue weighted by Crippen LogP contribution is -2.30. The van der Waals surface area contributed by atoms with Gasteiger partial charge < -0.3 is 14.2 Å². The Labute approximate surface area is 402 Å². The summed E-state index contributed by atoms with van der Waals surface area (Å²) in [5.74, 6) is -0.870. The second-order valence-electron chi connectivity index (χ2n) is 18.5. The molecule has 0 saturated carbocycles. The highest BCUT2D eigenvalue weighted by Crippen LogP contribution is 2.16. The minimum Gasteiger partial charge on any atom is -0.462 e. The molecule has 0 rings (SSSR count). The Hall–Kier alpha value is -2.89. The number of ether oxygens (including phenoxy) is 3. The van der Waals surface area contributed by atoms with E-state index < -0.39 is 6.10 Å². The summed E-state index contributed by atoms with van der Waals surface area (Å²) in [4.78, 5) is 38.0. The van der Waals surface area contributed by atoms with Gasteiger partial charge >= 0.3 is 17.9 Å². The van der Waals surface area contributed by atoms with Gasteiger partial charge in [0, 0.05) is 19.3 Å². The molecular weight excluding hydrogens is 805 g/mol. The van der Waals surface area contributed by atoms with Gasteiger partial charge in [-0.3, -0.25) is 14.4 Å². The van der Waals surface area contributed by atoms with Crippen molar-refractivity contribution < 1.29 is 28.6 Å². The van der Waals surface area contributed by atoms with Gasteiger partial charge in [0.25, 0.3) is 0 Å². The van der Waals surface area contributed by atoms with Crippen molar-refractivity contribution in [2.45, 2.75) is 284 Å². The molecule has 0 fully saturated rings. The quantitative estimate of drug-likeness (QED) is 0.0262. The van der Waals surface area contributed by atoms with E-state index in [1.807, 2.05) is 0 Å². The molecule has 0 aromatic carbocycles. The molecule has 0 aliphatic carbocycles. The summed E-state index contributed by atoms with van der Waals surface area (Å²) < 4.78 is 16.8. The van der Waals surface area contributed by atoms with Crippen LogP contribution in [0.1, 0.15) is 278 Å². The molecule has 0 bridgehead atoms. The molecule has 0 radical (unpaired) electrons. The molecule has 0 N–H and O–H groups in total. The van der Waals surface area contributed by atoms with Gasteiger partial charge in [-0.05, 0) is 64.2 Å². The zero-order chi connectivity index (χ0) is 47.2. The lowest BCUT2D eigenvalue weighted by Gasteiger charge is -2.18. The number of carbonyl (C=O) groups excluding carboxylic acids is 3. The van der Waals surface area contributed by atoms with E-state index in [1.165, 1.54) is 141 Å². The van der Waals surface area contributed by atoms with Gasteiger partial charge in [-0.2, -0.15) is 0 Å². The van der Waals surface area contributed by atoms with E-state index in [4.69, 9.17) is 14.2 Å². The molecule has 0 aromatic rings. The van der Waals surface area contributed by atoms with Crippen LogP contribution >= 0.6 is 0 Å². The van der Waals surface area contributed by atoms with Crippen molar-refractivity contribution >= 4 is 17.9 Å². The van der Waals surface area contributed by atoms with Gasteiger partial charge in [-0.25, -0.2) is 0 Å². The Kier molecular flexibility index (Phi) is 51.3. The van der Waals surface area contributed by atoms with E-state index in [9.17, 15) is 14.4 Å². The second-order valence-corrected chi connectivity index (χ2v) is 18.5. The van der Waals surface area contributed by atoms with Crippen LogP contribution in [0.3, 0.4) is 0 Å². The molecule has 1 unspecified atom stereocenters. The number of allylic oxidation sites excluding steroid dienone is 10. The van der Waals surface area contributed by atoms with Crippen LogP contribution in [0.5, 0.6) is 0 Å². The topological polar surface area (TPSA) is 78.9 Å². The third-order valence-corrected chi connectivity index (χ3v) is 12.0. The van der Waals surface area contributed by atoms with E-state index in [-0.39, 0.29) is 31.1 Å². The third kappa shape index (κ3) is 51.9. The predicted octanol–water partition coefficient (Wildman–Crippen LogP) is 18.4. The number of esters is 3. The molecule has 0 aromatic heterocycles. The summed E-state index contributed by atoms with van der Waals surface area (Å²) in [7, 11) is 0. The molecule has 0 saturated heterocycles. The van der Waals surface area contributed by atoms with Crippen LogP contribution in [-0.4, -0.2) is 37.2 Å². The zero-order valence-electron chi connectivity index (χ0n) is 43.0. The van der Waals surface area contributed by atoms with Crippen LogP contribution in [-0.2, 0) is 28.6 Å². The summed E-state index contributed by atoms with van der Waals surface area (Å²) >= 11 is 0. The summed E-state index contributed by atoms with van der Waals surface area (Å²) in [5.41, 5.74) is 0. The van der Waals surface area contributed by atoms with Gasteiger partial charge in [0.05, 0.1) is 0 Å². The largest absolute Gasteiger partial charge is 0.462 e. The van der Waals surface area contributed by atoms with Crippen molar-refractivity contribution in [1.29, 1.82) is 0 Å². The molecule has 376 valence electrons. The highest BCUT2D eigenvalue weighted by Gasteiger charge is 2.19. The fraction of sp³-hybridized carbons (Fsp3) is 0.780. The number of hydrogen-bond donors (Lipinski definition) is 0. The molecule has 0 aliphatic heterocycles. The molecule has 0 heterocycles. The average Bonchev–Trinajstić information content (AvgIpc) is 3.30. The van der Waals surface area contributed by atoms with Crippen molar-refractivity contribution in [3.8, 4) is 0 Å². The summed E-state index contributed by atoms with van der Waals surface area (Å²) in [6, 6.07) is 0. The maximum atomic E-state index is 12.8. The first-order chi connectivity index (χ1) is 32.0. The first-order valence-corrected chi connectivity index (χ1v) is 27.8. The average molecular weight is 909 g/mol. The van der Waals surface area contributed by atoms with Crippen molar-refractivity contribution in [2.75, 3.05) is 13.2 Å². The first-order valence-electron chi connectivity index (χ1n) is 27.8. The second kappa shape index (κ2) is 53.7. The van der Waals surface area contributed by atoms with Gasteiger partial charge in [0.2, 0.25) is 0 Å². The molecule has 6 heteroatoms. The molecule has 0 aliphatic rings. The van der Waals surface area contributed by atoms with Crippen molar-refractivity contribution in [3.05, 3.63) is 60.8 Å². The summed E-state index contributed by atoms with van der Waals surface area (Å²) in [6.45, 7) is 6.52. The molecule has 1 atom stereocenters. The van der Waals surface area contributed by atoms with Crippen LogP contribution in [0.4, 0.5) is 0 Å². The van der Waals surface area contributed by atoms with Crippen LogP contribution in [0.25, 0.3) is 0 Å². The Morgan fingerprint density at radius 2 is 0.600 bits per heavy atom. The fourth-order valence-electron chi connectivity index (χ4n) is 7.88. The number of rotatable bonds is 50.